The molecule has 1 aliphatic heterocycles. The number of aryl methyl sites for hydroxylation is 1. The number of carbonyl (C=O) groups excluding carboxylic acids is 2. The minimum atomic E-state index is -0.227. The summed E-state index contributed by atoms with van der Waals surface area (Å²) in [5, 5.41) is 9.14. The summed E-state index contributed by atoms with van der Waals surface area (Å²) in [6, 6.07) is 9.26. The highest BCUT2D eigenvalue weighted by Gasteiger charge is 2.15. The molecule has 0 spiro atoms. The van der Waals surface area contributed by atoms with E-state index in [-0.39, 0.29) is 29.4 Å². The Morgan fingerprint density at radius 3 is 2.72 bits per heavy atom. The van der Waals surface area contributed by atoms with Crippen molar-refractivity contribution in [2.45, 2.75) is 32.4 Å². The zero-order valence-corrected chi connectivity index (χ0v) is 17.1. The van der Waals surface area contributed by atoms with Crippen molar-refractivity contribution in [2.75, 3.05) is 30.0 Å². The van der Waals surface area contributed by atoms with Gasteiger partial charge in [-0.15, -0.1) is 11.8 Å². The van der Waals surface area contributed by atoms with Crippen LogP contribution >= 0.6 is 11.8 Å². The van der Waals surface area contributed by atoms with E-state index >= 15 is 0 Å². The van der Waals surface area contributed by atoms with E-state index in [1.165, 1.54) is 11.8 Å². The van der Waals surface area contributed by atoms with Gasteiger partial charge in [0.25, 0.3) is 0 Å². The molecule has 1 aliphatic rings. The number of aromatic nitrogens is 1. The van der Waals surface area contributed by atoms with Crippen LogP contribution in [0, 0.1) is 6.92 Å². The average molecular weight is 420 g/mol. The summed E-state index contributed by atoms with van der Waals surface area (Å²) in [7, 11) is 0. The van der Waals surface area contributed by atoms with Crippen molar-refractivity contribution in [1.82, 2.24) is 10.5 Å². The molecule has 9 heteroatoms. The number of carbonyl (C=O) groups is 2. The highest BCUT2D eigenvalue weighted by Crippen LogP contribution is 2.16. The van der Waals surface area contributed by atoms with E-state index in [1.54, 1.807) is 13.0 Å². The fourth-order valence-corrected chi connectivity index (χ4v) is 3.41. The zero-order chi connectivity index (χ0) is 20.5. The van der Waals surface area contributed by atoms with Crippen molar-refractivity contribution in [1.29, 1.82) is 0 Å². The Morgan fingerprint density at radius 1 is 1.24 bits per heavy atom. The molecule has 1 atom stereocenters. The first-order valence-corrected chi connectivity index (χ1v) is 10.6. The fraction of sp³-hybridized carbons (Fsp3) is 0.450. The molecule has 0 bridgehead atoms. The first-order chi connectivity index (χ1) is 14.1. The zero-order valence-electron chi connectivity index (χ0n) is 16.3. The molecule has 156 valence electrons. The van der Waals surface area contributed by atoms with Crippen LogP contribution in [0.15, 0.2) is 34.9 Å². The van der Waals surface area contributed by atoms with Gasteiger partial charge in [-0.1, -0.05) is 17.3 Å². The summed E-state index contributed by atoms with van der Waals surface area (Å²) in [5.74, 6) is 1.80. The SMILES string of the molecule is Cc1cc(NC(=O)CSCC(=O)NCc2ccc(OCC3CCCO3)cc2)no1. The lowest BCUT2D eigenvalue weighted by Gasteiger charge is -2.12. The second kappa shape index (κ2) is 10.9. The van der Waals surface area contributed by atoms with E-state index < -0.39 is 0 Å². The Bertz CT molecular complexity index is 803. The van der Waals surface area contributed by atoms with Crippen LogP contribution in [0.2, 0.25) is 0 Å². The molecule has 1 fully saturated rings. The standard InChI is InChI=1S/C20H25N3O5S/c1-14-9-18(23-28-14)22-20(25)13-29-12-19(24)21-10-15-4-6-16(7-5-15)27-11-17-3-2-8-26-17/h4-7,9,17H,2-3,8,10-13H2,1H3,(H,21,24)(H,22,23,25). The Labute approximate surface area is 173 Å². The van der Waals surface area contributed by atoms with Crippen molar-refractivity contribution in [3.63, 3.8) is 0 Å². The van der Waals surface area contributed by atoms with Gasteiger partial charge in [0, 0.05) is 19.2 Å². The van der Waals surface area contributed by atoms with Gasteiger partial charge < -0.3 is 24.6 Å². The summed E-state index contributed by atoms with van der Waals surface area (Å²) in [6.07, 6.45) is 2.33. The maximum absolute atomic E-state index is 11.9. The number of nitrogens with zero attached hydrogens (tertiary/aromatic N) is 1. The lowest BCUT2D eigenvalue weighted by atomic mass is 10.2. The monoisotopic (exact) mass is 419 g/mol. The largest absolute Gasteiger partial charge is 0.491 e. The second-order valence-electron chi connectivity index (χ2n) is 6.73. The first-order valence-electron chi connectivity index (χ1n) is 9.49. The van der Waals surface area contributed by atoms with Crippen molar-refractivity contribution < 1.29 is 23.6 Å². The minimum absolute atomic E-state index is 0.126. The summed E-state index contributed by atoms with van der Waals surface area (Å²) in [4.78, 5) is 23.7. The van der Waals surface area contributed by atoms with E-state index in [1.807, 2.05) is 24.3 Å². The molecule has 2 amide bonds. The summed E-state index contributed by atoms with van der Waals surface area (Å²) >= 11 is 1.24. The van der Waals surface area contributed by atoms with E-state index in [2.05, 4.69) is 15.8 Å². The molecule has 2 aromatic rings. The van der Waals surface area contributed by atoms with Crippen LogP contribution in [0.25, 0.3) is 0 Å². The van der Waals surface area contributed by atoms with Crippen LogP contribution in [0.5, 0.6) is 5.75 Å². The van der Waals surface area contributed by atoms with Gasteiger partial charge in [-0.25, -0.2) is 0 Å². The predicted octanol–water partition coefficient (Wildman–Crippen LogP) is 2.53. The van der Waals surface area contributed by atoms with Crippen molar-refractivity contribution in [3.05, 3.63) is 41.7 Å². The molecule has 0 saturated carbocycles. The van der Waals surface area contributed by atoms with E-state index in [4.69, 9.17) is 14.0 Å². The van der Waals surface area contributed by atoms with Crippen LogP contribution in [0.1, 0.15) is 24.2 Å². The Hall–Kier alpha value is -2.52. The van der Waals surface area contributed by atoms with E-state index in [0.29, 0.717) is 24.7 Å². The van der Waals surface area contributed by atoms with Crippen LogP contribution < -0.4 is 15.4 Å². The Balaban J connectivity index is 1.29. The molecule has 2 heterocycles. The second-order valence-corrected chi connectivity index (χ2v) is 7.72. The number of amides is 2. The molecule has 2 N–H and O–H groups in total. The number of nitrogens with one attached hydrogen (secondary N) is 2. The fourth-order valence-electron chi connectivity index (χ4n) is 2.76. The molecule has 1 aromatic heterocycles. The highest BCUT2D eigenvalue weighted by atomic mass is 32.2. The molecule has 29 heavy (non-hydrogen) atoms. The Kier molecular flexibility index (Phi) is 7.94. The predicted molar refractivity (Wildman–Crippen MR) is 110 cm³/mol. The quantitative estimate of drug-likeness (QED) is 0.610. The molecular weight excluding hydrogens is 394 g/mol. The Morgan fingerprint density at radius 2 is 2.03 bits per heavy atom. The van der Waals surface area contributed by atoms with Crippen LogP contribution in [-0.2, 0) is 20.9 Å². The highest BCUT2D eigenvalue weighted by molar-refractivity contribution is 8.00. The topological polar surface area (TPSA) is 103 Å². The molecule has 0 aliphatic carbocycles. The number of rotatable bonds is 10. The van der Waals surface area contributed by atoms with E-state index in [9.17, 15) is 9.59 Å². The number of hydrogen-bond donors (Lipinski definition) is 2. The van der Waals surface area contributed by atoms with Gasteiger partial charge in [0.2, 0.25) is 11.8 Å². The molecule has 1 aromatic carbocycles. The molecule has 1 unspecified atom stereocenters. The third kappa shape index (κ3) is 7.43. The van der Waals surface area contributed by atoms with Crippen molar-refractivity contribution in [2.24, 2.45) is 0 Å². The average Bonchev–Trinajstić information content (AvgIpc) is 3.37. The van der Waals surface area contributed by atoms with Gasteiger partial charge in [0.15, 0.2) is 5.82 Å². The number of benzene rings is 1. The molecule has 8 nitrogen and oxygen atoms in total. The third-order valence-corrected chi connectivity index (χ3v) is 5.17. The van der Waals surface area contributed by atoms with Crippen molar-refractivity contribution >= 4 is 29.4 Å². The molecule has 1 saturated heterocycles. The van der Waals surface area contributed by atoms with E-state index in [0.717, 1.165) is 30.8 Å². The summed E-state index contributed by atoms with van der Waals surface area (Å²) in [6.45, 7) is 3.55. The van der Waals surface area contributed by atoms with Gasteiger partial charge in [0.05, 0.1) is 17.6 Å². The smallest absolute Gasteiger partial charge is 0.235 e. The number of anilines is 1. The maximum Gasteiger partial charge on any atom is 0.235 e. The maximum atomic E-state index is 11.9. The third-order valence-electron chi connectivity index (χ3n) is 4.23. The summed E-state index contributed by atoms with van der Waals surface area (Å²) < 4.78 is 16.1. The van der Waals surface area contributed by atoms with Crippen LogP contribution in [0.4, 0.5) is 5.82 Å². The lowest BCUT2D eigenvalue weighted by molar-refractivity contribution is -0.118. The minimum Gasteiger partial charge on any atom is -0.491 e. The van der Waals surface area contributed by atoms with Crippen LogP contribution in [0.3, 0.4) is 0 Å². The van der Waals surface area contributed by atoms with Crippen molar-refractivity contribution in [3.8, 4) is 5.75 Å². The molecule has 0 radical (unpaired) electrons. The number of thioether (sulfide) groups is 1. The molecular formula is C20H25N3O5S. The lowest BCUT2D eigenvalue weighted by Crippen LogP contribution is -2.25. The van der Waals surface area contributed by atoms with Gasteiger partial charge in [-0.3, -0.25) is 9.59 Å². The van der Waals surface area contributed by atoms with Gasteiger partial charge in [0.1, 0.15) is 18.1 Å². The summed E-state index contributed by atoms with van der Waals surface area (Å²) in [5.41, 5.74) is 0.979. The van der Waals surface area contributed by atoms with Crippen LogP contribution in [-0.4, -0.2) is 47.8 Å². The number of ether oxygens (including phenoxy) is 2. The van der Waals surface area contributed by atoms with Gasteiger partial charge >= 0.3 is 0 Å². The molecule has 3 rings (SSSR count). The van der Waals surface area contributed by atoms with Gasteiger partial charge in [-0.05, 0) is 37.5 Å². The first kappa shape index (κ1) is 21.2. The number of hydrogen-bond acceptors (Lipinski definition) is 7. The normalized spacial score (nSPS) is 15.8. The van der Waals surface area contributed by atoms with Gasteiger partial charge in [-0.2, -0.15) is 0 Å².